The van der Waals surface area contributed by atoms with E-state index >= 15 is 0 Å². The molecule has 2 nitrogen and oxygen atoms in total. The van der Waals surface area contributed by atoms with Gasteiger partial charge in [-0.2, -0.15) is 0 Å². The van der Waals surface area contributed by atoms with Crippen LogP contribution in [-0.4, -0.2) is 12.6 Å². The Balaban J connectivity index is 1.90. The van der Waals surface area contributed by atoms with Crippen molar-refractivity contribution >= 4 is 28.6 Å². The van der Waals surface area contributed by atoms with Gasteiger partial charge in [0, 0.05) is 21.6 Å². The van der Waals surface area contributed by atoms with E-state index in [1.807, 2.05) is 6.92 Å². The Hall–Kier alpha value is -1.13. The number of carbonyl (C=O) groups is 1. The Morgan fingerprint density at radius 1 is 1.21 bits per heavy atom. The molecule has 0 amide bonds. The number of hydrogen-bond acceptors (Lipinski definition) is 4. The molecule has 3 rings (SSSR count). The molecule has 0 spiro atoms. The van der Waals surface area contributed by atoms with Gasteiger partial charge in [0.2, 0.25) is 0 Å². The summed E-state index contributed by atoms with van der Waals surface area (Å²) in [7, 11) is 0. The van der Waals surface area contributed by atoms with Crippen LogP contribution in [0.4, 0.5) is 0 Å². The molecule has 2 heterocycles. The molecule has 1 aliphatic carbocycles. The highest BCUT2D eigenvalue weighted by Gasteiger charge is 2.41. The summed E-state index contributed by atoms with van der Waals surface area (Å²) in [4.78, 5) is 14.4. The molecule has 19 heavy (non-hydrogen) atoms. The zero-order chi connectivity index (χ0) is 13.5. The van der Waals surface area contributed by atoms with Crippen LogP contribution in [-0.2, 0) is 14.9 Å². The Labute approximate surface area is 121 Å². The van der Waals surface area contributed by atoms with Gasteiger partial charge in [-0.25, -0.2) is 0 Å². The molecule has 100 valence electrons. The molecule has 0 aromatic carbocycles. The summed E-state index contributed by atoms with van der Waals surface area (Å²) in [6.07, 6.45) is 1.30. The molecule has 0 bridgehead atoms. The van der Waals surface area contributed by atoms with E-state index in [0.29, 0.717) is 13.0 Å². The predicted octanol–water partition coefficient (Wildman–Crippen LogP) is 4.44. The van der Waals surface area contributed by atoms with Gasteiger partial charge in [-0.3, -0.25) is 4.79 Å². The van der Waals surface area contributed by atoms with E-state index in [1.54, 1.807) is 22.7 Å². The van der Waals surface area contributed by atoms with Gasteiger partial charge in [0.25, 0.3) is 0 Å². The van der Waals surface area contributed by atoms with Crippen molar-refractivity contribution in [3.05, 3.63) is 34.0 Å². The van der Waals surface area contributed by atoms with Gasteiger partial charge < -0.3 is 4.74 Å². The molecule has 2 aromatic rings. The first-order valence-corrected chi connectivity index (χ1v) is 8.24. The van der Waals surface area contributed by atoms with E-state index in [4.69, 9.17) is 4.74 Å². The number of thiophene rings is 2. The smallest absolute Gasteiger partial charge is 0.305 e. The highest BCUT2D eigenvalue weighted by Crippen LogP contribution is 2.55. The average molecular weight is 292 g/mol. The SMILES string of the molecule is CCOC(=O)CCC1(C)c2ccsc2-c2sccc21. The van der Waals surface area contributed by atoms with E-state index in [9.17, 15) is 4.79 Å². The third-order valence-electron chi connectivity index (χ3n) is 3.86. The second kappa shape index (κ2) is 4.76. The van der Waals surface area contributed by atoms with Gasteiger partial charge in [-0.1, -0.05) is 6.92 Å². The van der Waals surface area contributed by atoms with Crippen molar-refractivity contribution in [2.24, 2.45) is 0 Å². The fraction of sp³-hybridized carbons (Fsp3) is 0.400. The molecule has 0 unspecified atom stereocenters. The lowest BCUT2D eigenvalue weighted by molar-refractivity contribution is -0.143. The summed E-state index contributed by atoms with van der Waals surface area (Å²) in [6, 6.07) is 4.41. The fourth-order valence-corrected chi connectivity index (χ4v) is 5.08. The molecule has 0 N–H and O–H groups in total. The zero-order valence-electron chi connectivity index (χ0n) is 11.1. The van der Waals surface area contributed by atoms with Crippen LogP contribution < -0.4 is 0 Å². The number of ether oxygens (including phenoxy) is 1. The normalized spacial score (nSPS) is 15.1. The first-order chi connectivity index (χ1) is 9.16. The van der Waals surface area contributed by atoms with Crippen LogP contribution >= 0.6 is 22.7 Å². The lowest BCUT2D eigenvalue weighted by Crippen LogP contribution is -2.21. The van der Waals surface area contributed by atoms with Crippen LogP contribution in [0.15, 0.2) is 22.9 Å². The second-order valence-electron chi connectivity index (χ2n) is 4.96. The van der Waals surface area contributed by atoms with Crippen molar-refractivity contribution in [3.63, 3.8) is 0 Å². The van der Waals surface area contributed by atoms with Gasteiger partial charge in [-0.15, -0.1) is 22.7 Å². The van der Waals surface area contributed by atoms with E-state index < -0.39 is 0 Å². The van der Waals surface area contributed by atoms with E-state index in [0.717, 1.165) is 6.42 Å². The Kier molecular flexibility index (Phi) is 3.23. The summed E-state index contributed by atoms with van der Waals surface area (Å²) in [5.41, 5.74) is 2.73. The van der Waals surface area contributed by atoms with Gasteiger partial charge >= 0.3 is 5.97 Å². The lowest BCUT2D eigenvalue weighted by atomic mass is 9.78. The average Bonchev–Trinajstić information content (AvgIpc) is 3.06. The maximum atomic E-state index is 11.6. The number of carbonyl (C=O) groups excluding carboxylic acids is 1. The number of rotatable bonds is 4. The molecule has 0 saturated heterocycles. The number of esters is 1. The van der Waals surface area contributed by atoms with E-state index in [-0.39, 0.29) is 11.4 Å². The minimum absolute atomic E-state index is 0.0303. The van der Waals surface area contributed by atoms with Gasteiger partial charge in [0.1, 0.15) is 0 Å². The molecule has 0 fully saturated rings. The van der Waals surface area contributed by atoms with Gasteiger partial charge in [-0.05, 0) is 47.4 Å². The van der Waals surface area contributed by atoms with Crippen LogP contribution in [0.3, 0.4) is 0 Å². The molecule has 0 aliphatic heterocycles. The predicted molar refractivity (Wildman–Crippen MR) is 80.0 cm³/mol. The third kappa shape index (κ3) is 1.94. The fourth-order valence-electron chi connectivity index (χ4n) is 2.84. The monoisotopic (exact) mass is 292 g/mol. The van der Waals surface area contributed by atoms with Crippen molar-refractivity contribution in [1.82, 2.24) is 0 Å². The van der Waals surface area contributed by atoms with Gasteiger partial charge in [0.15, 0.2) is 0 Å². The molecule has 0 saturated carbocycles. The van der Waals surface area contributed by atoms with Crippen LogP contribution in [0.25, 0.3) is 9.75 Å². The van der Waals surface area contributed by atoms with Crippen LogP contribution in [0.2, 0.25) is 0 Å². The minimum Gasteiger partial charge on any atom is -0.466 e. The Bertz CT molecular complexity index is 569. The Morgan fingerprint density at radius 2 is 1.79 bits per heavy atom. The molecular formula is C15H16O2S2. The Morgan fingerprint density at radius 3 is 2.32 bits per heavy atom. The topological polar surface area (TPSA) is 26.3 Å². The number of hydrogen-bond donors (Lipinski definition) is 0. The summed E-state index contributed by atoms with van der Waals surface area (Å²) < 4.78 is 5.05. The first kappa shape index (κ1) is 12.9. The molecule has 0 radical (unpaired) electrons. The second-order valence-corrected chi connectivity index (χ2v) is 6.80. The summed E-state index contributed by atoms with van der Waals surface area (Å²) in [5, 5.41) is 4.30. The summed E-state index contributed by atoms with van der Waals surface area (Å²) in [5.74, 6) is -0.0933. The maximum absolute atomic E-state index is 11.6. The zero-order valence-corrected chi connectivity index (χ0v) is 12.7. The highest BCUT2D eigenvalue weighted by molar-refractivity contribution is 7.21. The standard InChI is InChI=1S/C15H16O2S2/c1-3-17-12(16)4-7-15(2)10-5-8-18-13(10)14-11(15)6-9-19-14/h5-6,8-9H,3-4,7H2,1-2H3. The maximum Gasteiger partial charge on any atom is 0.305 e. The van der Waals surface area contributed by atoms with Gasteiger partial charge in [0.05, 0.1) is 6.61 Å². The summed E-state index contributed by atoms with van der Waals surface area (Å²) >= 11 is 3.60. The van der Waals surface area contributed by atoms with Crippen LogP contribution in [0.5, 0.6) is 0 Å². The van der Waals surface area contributed by atoms with Crippen LogP contribution in [0.1, 0.15) is 37.8 Å². The quantitative estimate of drug-likeness (QED) is 0.779. The van der Waals surface area contributed by atoms with Crippen molar-refractivity contribution in [3.8, 4) is 9.75 Å². The molecule has 1 aliphatic rings. The number of fused-ring (bicyclic) bond motifs is 3. The van der Waals surface area contributed by atoms with Crippen LogP contribution in [0, 0.1) is 0 Å². The summed E-state index contributed by atoms with van der Waals surface area (Å²) in [6.45, 7) is 4.56. The molecule has 2 aromatic heterocycles. The molecular weight excluding hydrogens is 276 g/mol. The van der Waals surface area contributed by atoms with Crippen molar-refractivity contribution in [2.75, 3.05) is 6.61 Å². The van der Waals surface area contributed by atoms with E-state index in [2.05, 4.69) is 29.8 Å². The van der Waals surface area contributed by atoms with E-state index in [1.165, 1.54) is 20.9 Å². The largest absolute Gasteiger partial charge is 0.466 e. The lowest BCUT2D eigenvalue weighted by Gasteiger charge is -2.25. The molecule has 0 atom stereocenters. The molecule has 4 heteroatoms. The first-order valence-electron chi connectivity index (χ1n) is 6.48. The van der Waals surface area contributed by atoms with Crippen molar-refractivity contribution in [1.29, 1.82) is 0 Å². The van der Waals surface area contributed by atoms with Crippen molar-refractivity contribution < 1.29 is 9.53 Å². The minimum atomic E-state index is -0.0933. The van der Waals surface area contributed by atoms with Crippen molar-refractivity contribution in [2.45, 2.75) is 32.1 Å². The highest BCUT2D eigenvalue weighted by atomic mass is 32.1. The third-order valence-corrected chi connectivity index (χ3v) is 5.85.